The van der Waals surface area contributed by atoms with Crippen LogP contribution in [0.25, 0.3) is 0 Å². The fraction of sp³-hybridized carbons (Fsp3) is 0.607. The van der Waals surface area contributed by atoms with Gasteiger partial charge in [0.15, 0.2) is 0 Å². The molecule has 0 spiro atoms. The molecule has 1 aromatic carbocycles. The van der Waals surface area contributed by atoms with Gasteiger partial charge in [-0.2, -0.15) is 0 Å². The molecule has 2 aliphatic heterocycles. The largest absolute Gasteiger partial charge is 0.463 e. The second-order valence-electron chi connectivity index (χ2n) is 11.0. The van der Waals surface area contributed by atoms with Crippen LogP contribution >= 0.6 is 0 Å². The van der Waals surface area contributed by atoms with Crippen LogP contribution in [0.15, 0.2) is 29.5 Å². The van der Waals surface area contributed by atoms with E-state index < -0.39 is 12.0 Å². The average Bonchev–Trinajstić information content (AvgIpc) is 2.79. The standard InChI is InChI=1S/C28H43N5O4/c1-9-32-22(17-31-13-14-33(20(5)16-31)27(36)30-28(6,7)8)23(25(34)37-10-2)24(29-26(32)35)21-15-18(3)11-12-19(21)4/h11-12,15,20,24H,9-10,13-14,16-17H2,1-8H3,(H,29,35)(H,30,36)/t20-,24+/m1/s1. The van der Waals surface area contributed by atoms with E-state index in [9.17, 15) is 14.4 Å². The van der Waals surface area contributed by atoms with Gasteiger partial charge in [0.1, 0.15) is 0 Å². The highest BCUT2D eigenvalue weighted by Crippen LogP contribution is 2.34. The molecule has 2 aliphatic rings. The second-order valence-corrected chi connectivity index (χ2v) is 11.0. The molecule has 0 saturated carbocycles. The molecule has 1 saturated heterocycles. The van der Waals surface area contributed by atoms with Crippen molar-refractivity contribution in [3.05, 3.63) is 46.2 Å². The van der Waals surface area contributed by atoms with Gasteiger partial charge in [-0.05, 0) is 66.5 Å². The molecule has 9 nitrogen and oxygen atoms in total. The predicted molar refractivity (Wildman–Crippen MR) is 144 cm³/mol. The van der Waals surface area contributed by atoms with Crippen LogP contribution < -0.4 is 10.6 Å². The van der Waals surface area contributed by atoms with Crippen molar-refractivity contribution < 1.29 is 19.1 Å². The minimum Gasteiger partial charge on any atom is -0.463 e. The van der Waals surface area contributed by atoms with Gasteiger partial charge in [0.2, 0.25) is 0 Å². The zero-order valence-corrected chi connectivity index (χ0v) is 23.6. The van der Waals surface area contributed by atoms with Gasteiger partial charge in [-0.15, -0.1) is 0 Å². The quantitative estimate of drug-likeness (QED) is 0.566. The lowest BCUT2D eigenvalue weighted by molar-refractivity contribution is -0.139. The van der Waals surface area contributed by atoms with Crippen LogP contribution in [-0.2, 0) is 9.53 Å². The molecule has 3 rings (SSSR count). The molecule has 2 atom stereocenters. The highest BCUT2D eigenvalue weighted by molar-refractivity contribution is 5.95. The summed E-state index contributed by atoms with van der Waals surface area (Å²) in [7, 11) is 0. The molecule has 37 heavy (non-hydrogen) atoms. The molecule has 0 radical (unpaired) electrons. The predicted octanol–water partition coefficient (Wildman–Crippen LogP) is 3.72. The van der Waals surface area contributed by atoms with Crippen LogP contribution in [-0.4, -0.2) is 83.6 Å². The first-order chi connectivity index (χ1) is 17.4. The SMILES string of the molecule is CCOC(=O)C1=C(CN2CCN(C(=O)NC(C)(C)C)[C@H](C)C2)N(CC)C(=O)N[C@H]1c1cc(C)ccc1C. The number of aryl methyl sites for hydroxylation is 2. The van der Waals surface area contributed by atoms with Crippen molar-refractivity contribution >= 4 is 18.0 Å². The smallest absolute Gasteiger partial charge is 0.338 e. The van der Waals surface area contributed by atoms with E-state index in [0.29, 0.717) is 44.0 Å². The van der Waals surface area contributed by atoms with Crippen molar-refractivity contribution in [3.63, 3.8) is 0 Å². The number of nitrogens with one attached hydrogen (secondary N) is 2. The molecule has 2 heterocycles. The zero-order valence-electron chi connectivity index (χ0n) is 23.6. The first kappa shape index (κ1) is 28.5. The van der Waals surface area contributed by atoms with Gasteiger partial charge in [-0.3, -0.25) is 9.80 Å². The third kappa shape index (κ3) is 6.63. The number of carbonyl (C=O) groups excluding carboxylic acids is 3. The van der Waals surface area contributed by atoms with E-state index in [-0.39, 0.29) is 30.2 Å². The molecule has 4 amide bonds. The summed E-state index contributed by atoms with van der Waals surface area (Å²) in [5, 5.41) is 6.10. The van der Waals surface area contributed by atoms with E-state index in [2.05, 4.69) is 15.5 Å². The molecule has 1 fully saturated rings. The van der Waals surface area contributed by atoms with Gasteiger partial charge in [0, 0.05) is 50.0 Å². The van der Waals surface area contributed by atoms with E-state index in [1.165, 1.54) is 0 Å². The highest BCUT2D eigenvalue weighted by Gasteiger charge is 2.39. The molecule has 0 aliphatic carbocycles. The number of amides is 4. The summed E-state index contributed by atoms with van der Waals surface area (Å²) in [4.78, 5) is 45.2. The molecular weight excluding hydrogens is 470 g/mol. The van der Waals surface area contributed by atoms with Gasteiger partial charge in [-0.25, -0.2) is 14.4 Å². The highest BCUT2D eigenvalue weighted by atomic mass is 16.5. The average molecular weight is 514 g/mol. The summed E-state index contributed by atoms with van der Waals surface area (Å²) < 4.78 is 5.51. The number of benzene rings is 1. The number of ether oxygens (including phenoxy) is 1. The van der Waals surface area contributed by atoms with E-state index >= 15 is 0 Å². The topological polar surface area (TPSA) is 94.2 Å². The summed E-state index contributed by atoms with van der Waals surface area (Å²) in [6.45, 7) is 18.5. The number of esters is 1. The third-order valence-corrected chi connectivity index (χ3v) is 6.82. The summed E-state index contributed by atoms with van der Waals surface area (Å²) in [5.41, 5.74) is 3.76. The van der Waals surface area contributed by atoms with Crippen LogP contribution in [0.4, 0.5) is 9.59 Å². The van der Waals surface area contributed by atoms with Crippen molar-refractivity contribution in [2.24, 2.45) is 0 Å². The van der Waals surface area contributed by atoms with Gasteiger partial charge >= 0.3 is 18.0 Å². The molecular formula is C28H43N5O4. The molecule has 1 aromatic rings. The first-order valence-electron chi connectivity index (χ1n) is 13.2. The molecule has 2 N–H and O–H groups in total. The molecule has 0 bridgehead atoms. The van der Waals surface area contributed by atoms with Crippen molar-refractivity contribution in [3.8, 4) is 0 Å². The van der Waals surface area contributed by atoms with Crippen molar-refractivity contribution in [2.45, 2.75) is 73.0 Å². The third-order valence-electron chi connectivity index (χ3n) is 6.82. The molecule has 0 unspecified atom stereocenters. The lowest BCUT2D eigenvalue weighted by atomic mass is 9.90. The van der Waals surface area contributed by atoms with E-state index in [0.717, 1.165) is 16.7 Å². The monoisotopic (exact) mass is 513 g/mol. The Morgan fingerprint density at radius 3 is 2.46 bits per heavy atom. The summed E-state index contributed by atoms with van der Waals surface area (Å²) in [6.07, 6.45) is 0. The Labute approximate surface area is 221 Å². The summed E-state index contributed by atoms with van der Waals surface area (Å²) >= 11 is 0. The van der Waals surface area contributed by atoms with Crippen LogP contribution in [0.5, 0.6) is 0 Å². The maximum Gasteiger partial charge on any atom is 0.338 e. The van der Waals surface area contributed by atoms with Crippen molar-refractivity contribution in [1.82, 2.24) is 25.3 Å². The Bertz CT molecular complexity index is 1060. The lowest BCUT2D eigenvalue weighted by Gasteiger charge is -2.43. The number of piperazine rings is 1. The van der Waals surface area contributed by atoms with E-state index in [1.807, 2.05) is 71.6 Å². The van der Waals surface area contributed by atoms with Crippen molar-refractivity contribution in [1.29, 1.82) is 0 Å². The Hall–Kier alpha value is -3.07. The van der Waals surface area contributed by atoms with Gasteiger partial charge in [0.05, 0.1) is 18.2 Å². The van der Waals surface area contributed by atoms with Crippen molar-refractivity contribution in [2.75, 3.05) is 39.3 Å². The Kier molecular flexibility index (Phi) is 8.89. The molecule has 204 valence electrons. The van der Waals surface area contributed by atoms with E-state index in [1.54, 1.807) is 11.8 Å². The van der Waals surface area contributed by atoms with Gasteiger partial charge in [-0.1, -0.05) is 23.8 Å². The fourth-order valence-corrected chi connectivity index (χ4v) is 5.04. The number of hydrogen-bond donors (Lipinski definition) is 2. The normalized spacial score (nSPS) is 21.1. The van der Waals surface area contributed by atoms with Gasteiger partial charge < -0.3 is 20.3 Å². The number of rotatable bonds is 6. The number of hydrogen-bond acceptors (Lipinski definition) is 5. The van der Waals surface area contributed by atoms with Gasteiger partial charge in [0.25, 0.3) is 0 Å². The lowest BCUT2D eigenvalue weighted by Crippen LogP contribution is -2.59. The van der Waals surface area contributed by atoms with Crippen LogP contribution in [0.2, 0.25) is 0 Å². The van der Waals surface area contributed by atoms with Crippen LogP contribution in [0, 0.1) is 13.8 Å². The first-order valence-corrected chi connectivity index (χ1v) is 13.2. The Balaban J connectivity index is 1.97. The Morgan fingerprint density at radius 2 is 1.86 bits per heavy atom. The summed E-state index contributed by atoms with van der Waals surface area (Å²) in [5.74, 6) is -0.418. The minimum absolute atomic E-state index is 0.0231. The van der Waals surface area contributed by atoms with Crippen LogP contribution in [0.1, 0.15) is 64.3 Å². The maximum absolute atomic E-state index is 13.4. The fourth-order valence-electron chi connectivity index (χ4n) is 5.04. The number of carbonyl (C=O) groups is 3. The Morgan fingerprint density at radius 1 is 1.16 bits per heavy atom. The minimum atomic E-state index is -0.597. The molecule has 9 heteroatoms. The number of urea groups is 2. The molecule has 0 aromatic heterocycles. The summed E-state index contributed by atoms with van der Waals surface area (Å²) in [6, 6.07) is 5.13. The van der Waals surface area contributed by atoms with E-state index in [4.69, 9.17) is 4.74 Å². The zero-order chi connectivity index (χ0) is 27.5. The maximum atomic E-state index is 13.4. The van der Waals surface area contributed by atoms with Crippen LogP contribution in [0.3, 0.4) is 0 Å². The number of nitrogens with zero attached hydrogens (tertiary/aromatic N) is 3. The number of likely N-dealkylation sites (N-methyl/N-ethyl adjacent to an activating group) is 1. The second kappa shape index (κ2) is 11.5.